The first kappa shape index (κ1) is 20.8. The van der Waals surface area contributed by atoms with E-state index in [1.54, 1.807) is 0 Å². The van der Waals surface area contributed by atoms with Crippen molar-refractivity contribution in [1.29, 1.82) is 0 Å². The Morgan fingerprint density at radius 1 is 1.07 bits per heavy atom. The van der Waals surface area contributed by atoms with Crippen molar-refractivity contribution >= 4 is 6.21 Å². The van der Waals surface area contributed by atoms with Crippen LogP contribution in [0.1, 0.15) is 89.8 Å². The van der Waals surface area contributed by atoms with E-state index in [-0.39, 0.29) is 6.04 Å². The molecule has 3 nitrogen and oxygen atoms in total. The molecule has 1 aliphatic rings. The van der Waals surface area contributed by atoms with Crippen molar-refractivity contribution in [3.05, 3.63) is 42.2 Å². The number of hydrogen-bond donors (Lipinski definition) is 0. The van der Waals surface area contributed by atoms with Gasteiger partial charge in [-0.15, -0.1) is 0 Å². The monoisotopic (exact) mass is 379 g/mol. The van der Waals surface area contributed by atoms with E-state index in [4.69, 9.17) is 9.98 Å². The van der Waals surface area contributed by atoms with Gasteiger partial charge in [-0.05, 0) is 31.6 Å². The molecule has 0 saturated heterocycles. The molecular formula is C25H37N3. The lowest BCUT2D eigenvalue weighted by Crippen LogP contribution is -2.11. The lowest BCUT2D eigenvalue weighted by atomic mass is 9.90. The molecule has 1 saturated carbocycles. The van der Waals surface area contributed by atoms with Gasteiger partial charge in [0.2, 0.25) is 0 Å². The first-order chi connectivity index (χ1) is 13.8. The van der Waals surface area contributed by atoms with Gasteiger partial charge in [-0.2, -0.15) is 0 Å². The van der Waals surface area contributed by atoms with E-state index in [9.17, 15) is 0 Å². The van der Waals surface area contributed by atoms with Gasteiger partial charge in [-0.25, -0.2) is 4.98 Å². The van der Waals surface area contributed by atoms with Crippen molar-refractivity contribution in [1.82, 2.24) is 9.55 Å². The van der Waals surface area contributed by atoms with Gasteiger partial charge in [0.15, 0.2) is 0 Å². The lowest BCUT2D eigenvalue weighted by molar-refractivity contribution is 0.442. The number of benzene rings is 1. The second-order valence-corrected chi connectivity index (χ2v) is 8.23. The molecule has 1 fully saturated rings. The van der Waals surface area contributed by atoms with Crippen LogP contribution in [0.3, 0.4) is 0 Å². The van der Waals surface area contributed by atoms with Crippen molar-refractivity contribution in [3.63, 3.8) is 0 Å². The Labute approximate surface area is 171 Å². The van der Waals surface area contributed by atoms with Crippen LogP contribution in [0.15, 0.2) is 41.5 Å². The maximum atomic E-state index is 5.15. The SMILES string of the molecule is CCCC[C@@H](N=CC1CCCCC1)c1cnc(-c2ccccc2)n1CCCC. The fourth-order valence-electron chi connectivity index (χ4n) is 4.23. The third-order valence-corrected chi connectivity index (χ3v) is 5.95. The zero-order valence-electron chi connectivity index (χ0n) is 17.8. The van der Waals surface area contributed by atoms with Gasteiger partial charge in [0.1, 0.15) is 5.82 Å². The second kappa shape index (κ2) is 11.2. The number of aliphatic imine (C=N–C) groups is 1. The molecule has 1 aromatic heterocycles. The van der Waals surface area contributed by atoms with Crippen molar-refractivity contribution in [2.75, 3.05) is 0 Å². The van der Waals surface area contributed by atoms with Crippen molar-refractivity contribution in [2.45, 2.75) is 90.6 Å². The normalized spacial score (nSPS) is 16.6. The summed E-state index contributed by atoms with van der Waals surface area (Å²) >= 11 is 0. The number of unbranched alkanes of at least 4 members (excludes halogenated alkanes) is 2. The molecule has 0 aliphatic heterocycles. The largest absolute Gasteiger partial charge is 0.326 e. The van der Waals surface area contributed by atoms with Crippen LogP contribution in [0.4, 0.5) is 0 Å². The quantitative estimate of drug-likeness (QED) is 0.400. The third-order valence-electron chi connectivity index (χ3n) is 5.95. The Morgan fingerprint density at radius 2 is 1.82 bits per heavy atom. The Bertz CT molecular complexity index is 711. The van der Waals surface area contributed by atoms with E-state index in [0.29, 0.717) is 5.92 Å². The van der Waals surface area contributed by atoms with Crippen LogP contribution in [-0.4, -0.2) is 15.8 Å². The molecule has 1 aromatic carbocycles. The Hall–Kier alpha value is -1.90. The van der Waals surface area contributed by atoms with Gasteiger partial charge in [0, 0.05) is 18.3 Å². The molecule has 0 unspecified atom stereocenters. The summed E-state index contributed by atoms with van der Waals surface area (Å²) in [4.78, 5) is 10.00. The molecule has 0 N–H and O–H groups in total. The average Bonchev–Trinajstić information content (AvgIpc) is 3.17. The molecule has 0 spiro atoms. The summed E-state index contributed by atoms with van der Waals surface area (Å²) in [5, 5.41) is 0. The molecule has 0 bridgehead atoms. The first-order valence-corrected chi connectivity index (χ1v) is 11.5. The number of rotatable bonds is 10. The molecule has 1 aliphatic carbocycles. The van der Waals surface area contributed by atoms with E-state index in [0.717, 1.165) is 18.8 Å². The molecule has 152 valence electrons. The smallest absolute Gasteiger partial charge is 0.140 e. The second-order valence-electron chi connectivity index (χ2n) is 8.23. The fourth-order valence-corrected chi connectivity index (χ4v) is 4.23. The van der Waals surface area contributed by atoms with E-state index in [2.05, 4.69) is 61.2 Å². The van der Waals surface area contributed by atoms with Gasteiger partial charge >= 0.3 is 0 Å². The molecule has 0 amide bonds. The highest BCUT2D eigenvalue weighted by molar-refractivity contribution is 5.61. The minimum absolute atomic E-state index is 0.240. The van der Waals surface area contributed by atoms with E-state index in [1.165, 1.54) is 69.0 Å². The zero-order valence-corrected chi connectivity index (χ0v) is 17.8. The molecule has 3 rings (SSSR count). The first-order valence-electron chi connectivity index (χ1n) is 11.5. The van der Waals surface area contributed by atoms with Crippen molar-refractivity contribution < 1.29 is 0 Å². The molecule has 0 radical (unpaired) electrons. The zero-order chi connectivity index (χ0) is 19.6. The van der Waals surface area contributed by atoms with Crippen LogP contribution >= 0.6 is 0 Å². The maximum Gasteiger partial charge on any atom is 0.140 e. The summed E-state index contributed by atoms with van der Waals surface area (Å²) in [6.45, 7) is 5.55. The molecule has 1 atom stereocenters. The molecular weight excluding hydrogens is 342 g/mol. The molecule has 2 aromatic rings. The summed E-state index contributed by atoms with van der Waals surface area (Å²) in [7, 11) is 0. The number of imidazole rings is 1. The number of nitrogens with zero attached hydrogens (tertiary/aromatic N) is 3. The summed E-state index contributed by atoms with van der Waals surface area (Å²) in [6.07, 6.45) is 17.0. The minimum atomic E-state index is 0.240. The Kier molecular flexibility index (Phi) is 8.32. The van der Waals surface area contributed by atoms with Crippen LogP contribution in [-0.2, 0) is 6.54 Å². The van der Waals surface area contributed by atoms with Crippen LogP contribution in [0, 0.1) is 5.92 Å². The topological polar surface area (TPSA) is 30.2 Å². The highest BCUT2D eigenvalue weighted by Crippen LogP contribution is 2.30. The highest BCUT2D eigenvalue weighted by atomic mass is 15.1. The highest BCUT2D eigenvalue weighted by Gasteiger charge is 2.20. The van der Waals surface area contributed by atoms with Gasteiger partial charge in [-0.1, -0.05) is 82.7 Å². The van der Waals surface area contributed by atoms with Gasteiger partial charge in [0.25, 0.3) is 0 Å². The maximum absolute atomic E-state index is 5.15. The summed E-state index contributed by atoms with van der Waals surface area (Å²) in [5.41, 5.74) is 2.50. The lowest BCUT2D eigenvalue weighted by Gasteiger charge is -2.20. The van der Waals surface area contributed by atoms with Gasteiger partial charge in [-0.3, -0.25) is 4.99 Å². The van der Waals surface area contributed by atoms with Gasteiger partial charge < -0.3 is 4.57 Å². The summed E-state index contributed by atoms with van der Waals surface area (Å²) in [5.74, 6) is 1.77. The average molecular weight is 380 g/mol. The molecule has 1 heterocycles. The van der Waals surface area contributed by atoms with Crippen LogP contribution < -0.4 is 0 Å². The van der Waals surface area contributed by atoms with Crippen LogP contribution in [0.5, 0.6) is 0 Å². The van der Waals surface area contributed by atoms with Crippen molar-refractivity contribution in [2.24, 2.45) is 10.9 Å². The van der Waals surface area contributed by atoms with E-state index < -0.39 is 0 Å². The predicted octanol–water partition coefficient (Wildman–Crippen LogP) is 7.23. The van der Waals surface area contributed by atoms with E-state index in [1.807, 2.05) is 0 Å². The predicted molar refractivity (Wildman–Crippen MR) is 120 cm³/mol. The number of hydrogen-bond acceptors (Lipinski definition) is 2. The summed E-state index contributed by atoms with van der Waals surface area (Å²) < 4.78 is 2.44. The third kappa shape index (κ3) is 5.56. The summed E-state index contributed by atoms with van der Waals surface area (Å²) in [6, 6.07) is 10.8. The Balaban J connectivity index is 1.89. The standard InChI is InChI=1S/C25H37N3/c1-3-5-17-23(26-19-21-13-9-7-10-14-21)24-20-27-25(28(24)18-6-4-2)22-15-11-8-12-16-22/h8,11-12,15-16,19-21,23H,3-7,9-10,13-14,17-18H2,1-2H3/t23-/m1/s1. The molecule has 3 heteroatoms. The fraction of sp³-hybridized carbons (Fsp3) is 0.600. The minimum Gasteiger partial charge on any atom is -0.326 e. The Morgan fingerprint density at radius 3 is 2.54 bits per heavy atom. The van der Waals surface area contributed by atoms with Crippen LogP contribution in [0.2, 0.25) is 0 Å². The van der Waals surface area contributed by atoms with E-state index >= 15 is 0 Å². The van der Waals surface area contributed by atoms with Gasteiger partial charge in [0.05, 0.1) is 17.9 Å². The molecule has 28 heavy (non-hydrogen) atoms. The van der Waals surface area contributed by atoms with Crippen LogP contribution in [0.25, 0.3) is 11.4 Å². The van der Waals surface area contributed by atoms with Crippen molar-refractivity contribution in [3.8, 4) is 11.4 Å². The number of aromatic nitrogens is 2.